The van der Waals surface area contributed by atoms with Crippen molar-refractivity contribution in [3.63, 3.8) is 0 Å². The van der Waals surface area contributed by atoms with Gasteiger partial charge in [-0.05, 0) is 37.0 Å². The Labute approximate surface area is 186 Å². The van der Waals surface area contributed by atoms with Crippen LogP contribution in [0.1, 0.15) is 24.8 Å². The first-order valence-electron chi connectivity index (χ1n) is 11.2. The van der Waals surface area contributed by atoms with Crippen molar-refractivity contribution in [2.24, 2.45) is 0 Å². The Morgan fingerprint density at radius 3 is 2.81 bits per heavy atom. The summed E-state index contributed by atoms with van der Waals surface area (Å²) in [7, 11) is 1.78. The molecule has 5 rings (SSSR count). The highest BCUT2D eigenvalue weighted by atomic mass is 16.2. The Bertz CT molecular complexity index is 1100. The van der Waals surface area contributed by atoms with Crippen LogP contribution in [0.3, 0.4) is 0 Å². The second-order valence-electron chi connectivity index (χ2n) is 8.36. The van der Waals surface area contributed by atoms with Crippen molar-refractivity contribution in [2.75, 3.05) is 43.9 Å². The van der Waals surface area contributed by atoms with Gasteiger partial charge in [-0.25, -0.2) is 14.3 Å². The third kappa shape index (κ3) is 4.37. The lowest BCUT2D eigenvalue weighted by Gasteiger charge is -2.27. The van der Waals surface area contributed by atoms with E-state index in [0.29, 0.717) is 22.9 Å². The van der Waals surface area contributed by atoms with E-state index in [1.54, 1.807) is 7.05 Å². The molecule has 1 aromatic carbocycles. The summed E-state index contributed by atoms with van der Waals surface area (Å²) in [5.41, 5.74) is 3.18. The van der Waals surface area contributed by atoms with Gasteiger partial charge in [-0.1, -0.05) is 12.1 Å². The molecule has 4 N–H and O–H groups in total. The highest BCUT2D eigenvalue weighted by molar-refractivity contribution is 5.92. The Morgan fingerprint density at radius 1 is 1.22 bits per heavy atom. The molecule has 0 radical (unpaired) electrons. The zero-order valence-corrected chi connectivity index (χ0v) is 18.3. The van der Waals surface area contributed by atoms with E-state index >= 15 is 0 Å². The van der Waals surface area contributed by atoms with Gasteiger partial charge >= 0.3 is 6.03 Å². The van der Waals surface area contributed by atoms with Gasteiger partial charge in [-0.2, -0.15) is 9.97 Å². The number of fused-ring (bicyclic) bond motifs is 1. The molecule has 10 nitrogen and oxygen atoms in total. The zero-order valence-electron chi connectivity index (χ0n) is 18.3. The summed E-state index contributed by atoms with van der Waals surface area (Å²) < 4.78 is 1.46. The molecular formula is C22H29N9O. The van der Waals surface area contributed by atoms with Crippen molar-refractivity contribution >= 4 is 34.6 Å². The van der Waals surface area contributed by atoms with E-state index in [-0.39, 0.29) is 12.1 Å². The van der Waals surface area contributed by atoms with Crippen LogP contribution in [0.2, 0.25) is 0 Å². The second-order valence-corrected chi connectivity index (χ2v) is 8.36. The van der Waals surface area contributed by atoms with Gasteiger partial charge in [0.15, 0.2) is 17.0 Å². The highest BCUT2D eigenvalue weighted by Gasteiger charge is 2.22. The lowest BCUT2D eigenvalue weighted by Crippen LogP contribution is -2.42. The summed E-state index contributed by atoms with van der Waals surface area (Å²) in [4.78, 5) is 28.7. The van der Waals surface area contributed by atoms with Crippen molar-refractivity contribution in [1.82, 2.24) is 35.1 Å². The van der Waals surface area contributed by atoms with Crippen LogP contribution in [0.4, 0.5) is 22.2 Å². The minimum absolute atomic E-state index is 0.207. The second kappa shape index (κ2) is 9.09. The molecule has 3 aromatic rings. The fourth-order valence-corrected chi connectivity index (χ4v) is 4.08. The molecule has 2 aliphatic rings. The number of rotatable bonds is 6. The quantitative estimate of drug-likeness (QED) is 0.466. The van der Waals surface area contributed by atoms with E-state index in [1.165, 1.54) is 16.5 Å². The number of hydrogen-bond acceptors (Lipinski definition) is 8. The van der Waals surface area contributed by atoms with Gasteiger partial charge in [0.2, 0.25) is 5.95 Å². The molecule has 2 fully saturated rings. The standard InChI is InChI=1S/C22H29N9O/c1-23-19-18-20(31(14-25-18)22(32)27-16-5-3-6-16)29-21(28-19)26-17-7-2-4-15(12-17)13-30-10-8-24-9-11-30/h2,4,7,12,14,16,24H,3,5-6,8-11,13H2,1H3,(H,27,32)(H2,23,26,28,29). The normalized spacial score (nSPS) is 17.2. The van der Waals surface area contributed by atoms with E-state index in [4.69, 9.17) is 0 Å². The van der Waals surface area contributed by atoms with Crippen molar-refractivity contribution in [3.05, 3.63) is 36.2 Å². The molecule has 0 unspecified atom stereocenters. The molecule has 1 saturated heterocycles. The summed E-state index contributed by atoms with van der Waals surface area (Å²) in [6.45, 7) is 5.07. The summed E-state index contributed by atoms with van der Waals surface area (Å²) in [5, 5.41) is 12.8. The number of carbonyl (C=O) groups is 1. The van der Waals surface area contributed by atoms with Gasteiger partial charge in [0.05, 0.1) is 0 Å². The first-order valence-corrected chi connectivity index (χ1v) is 11.2. The number of imidazole rings is 1. The predicted octanol–water partition coefficient (Wildman–Crippen LogP) is 2.13. The number of nitrogens with one attached hydrogen (secondary N) is 4. The maximum absolute atomic E-state index is 12.7. The molecule has 0 bridgehead atoms. The molecule has 0 spiro atoms. The SMILES string of the molecule is CNc1nc(Nc2cccc(CN3CCNCC3)c2)nc2c1ncn2C(=O)NC1CCC1. The average molecular weight is 436 g/mol. The zero-order chi connectivity index (χ0) is 21.9. The Hall–Kier alpha value is -3.24. The van der Waals surface area contributed by atoms with Crippen LogP contribution in [0.25, 0.3) is 11.2 Å². The summed E-state index contributed by atoms with van der Waals surface area (Å²) >= 11 is 0. The van der Waals surface area contributed by atoms with E-state index < -0.39 is 0 Å². The summed E-state index contributed by atoms with van der Waals surface area (Å²) in [6.07, 6.45) is 4.70. The summed E-state index contributed by atoms with van der Waals surface area (Å²) in [6, 6.07) is 8.32. The van der Waals surface area contributed by atoms with E-state index in [2.05, 4.69) is 53.3 Å². The topological polar surface area (TPSA) is 112 Å². The smallest absolute Gasteiger partial charge is 0.328 e. The lowest BCUT2D eigenvalue weighted by atomic mass is 9.93. The molecule has 1 aliphatic carbocycles. The van der Waals surface area contributed by atoms with Crippen LogP contribution in [0.15, 0.2) is 30.6 Å². The van der Waals surface area contributed by atoms with Gasteiger partial charge in [0.1, 0.15) is 6.33 Å². The Morgan fingerprint density at radius 2 is 2.06 bits per heavy atom. The lowest BCUT2D eigenvalue weighted by molar-refractivity contribution is 0.230. The molecule has 0 atom stereocenters. The van der Waals surface area contributed by atoms with Crippen LogP contribution >= 0.6 is 0 Å². The Balaban J connectivity index is 1.38. The van der Waals surface area contributed by atoms with Crippen LogP contribution in [-0.2, 0) is 6.54 Å². The van der Waals surface area contributed by atoms with Gasteiger partial charge in [-0.15, -0.1) is 0 Å². The first kappa shape index (κ1) is 20.7. The van der Waals surface area contributed by atoms with Crippen LogP contribution < -0.4 is 21.3 Å². The molecule has 32 heavy (non-hydrogen) atoms. The average Bonchev–Trinajstić information content (AvgIpc) is 3.21. The monoisotopic (exact) mass is 435 g/mol. The molecule has 1 saturated carbocycles. The maximum Gasteiger partial charge on any atom is 0.328 e. The van der Waals surface area contributed by atoms with Crippen molar-refractivity contribution in [3.8, 4) is 0 Å². The summed E-state index contributed by atoms with van der Waals surface area (Å²) in [5.74, 6) is 0.990. The van der Waals surface area contributed by atoms with Crippen molar-refractivity contribution in [1.29, 1.82) is 0 Å². The van der Waals surface area contributed by atoms with Gasteiger partial charge in [0.25, 0.3) is 0 Å². The number of aromatic nitrogens is 4. The molecule has 168 valence electrons. The number of carbonyl (C=O) groups excluding carboxylic acids is 1. The number of piperazine rings is 1. The van der Waals surface area contributed by atoms with Crippen LogP contribution in [0.5, 0.6) is 0 Å². The third-order valence-electron chi connectivity index (χ3n) is 6.08. The predicted molar refractivity (Wildman–Crippen MR) is 124 cm³/mol. The fourth-order valence-electron chi connectivity index (χ4n) is 4.08. The maximum atomic E-state index is 12.7. The molecule has 10 heteroatoms. The molecule has 1 aliphatic heterocycles. The van der Waals surface area contributed by atoms with Crippen molar-refractivity contribution < 1.29 is 4.79 Å². The Kier molecular flexibility index (Phi) is 5.87. The molecule has 3 heterocycles. The number of benzene rings is 1. The van der Waals surface area contributed by atoms with Gasteiger partial charge < -0.3 is 21.3 Å². The minimum Gasteiger partial charge on any atom is -0.371 e. The molecular weight excluding hydrogens is 406 g/mol. The van der Waals surface area contributed by atoms with E-state index in [1.807, 2.05) is 12.1 Å². The minimum atomic E-state index is -0.207. The van der Waals surface area contributed by atoms with E-state index in [0.717, 1.165) is 57.7 Å². The first-order chi connectivity index (χ1) is 15.7. The highest BCUT2D eigenvalue weighted by Crippen LogP contribution is 2.24. The van der Waals surface area contributed by atoms with Gasteiger partial charge in [-0.3, -0.25) is 4.90 Å². The molecule has 1 amide bonds. The van der Waals surface area contributed by atoms with Crippen molar-refractivity contribution in [2.45, 2.75) is 31.8 Å². The molecule has 2 aromatic heterocycles. The fraction of sp³-hybridized carbons (Fsp3) is 0.455. The van der Waals surface area contributed by atoms with Crippen LogP contribution in [0, 0.1) is 0 Å². The number of nitrogens with zero attached hydrogens (tertiary/aromatic N) is 5. The van der Waals surface area contributed by atoms with E-state index in [9.17, 15) is 4.79 Å². The number of anilines is 3. The number of hydrogen-bond donors (Lipinski definition) is 4. The number of amides is 1. The third-order valence-corrected chi connectivity index (χ3v) is 6.08. The van der Waals surface area contributed by atoms with Crippen LogP contribution in [-0.4, -0.2) is 69.7 Å². The van der Waals surface area contributed by atoms with Gasteiger partial charge in [0, 0.05) is 51.5 Å². The largest absolute Gasteiger partial charge is 0.371 e.